The van der Waals surface area contributed by atoms with Gasteiger partial charge in [0.1, 0.15) is 0 Å². The van der Waals surface area contributed by atoms with E-state index >= 15 is 0 Å². The highest BCUT2D eigenvalue weighted by Crippen LogP contribution is 2.08. The summed E-state index contributed by atoms with van der Waals surface area (Å²) in [5.74, 6) is 0.720. The number of esters is 1. The predicted octanol–water partition coefficient (Wildman–Crippen LogP) is 4.65. The van der Waals surface area contributed by atoms with Crippen LogP contribution in [0, 0.1) is 0 Å². The molecule has 0 saturated carbocycles. The zero-order valence-corrected chi connectivity index (χ0v) is 12.0. The fourth-order valence-electron chi connectivity index (χ4n) is 1.69. The van der Waals surface area contributed by atoms with E-state index in [-0.39, 0.29) is 5.97 Å². The molecule has 0 aromatic heterocycles. The van der Waals surface area contributed by atoms with E-state index in [1.165, 1.54) is 32.1 Å². The van der Waals surface area contributed by atoms with Gasteiger partial charge in [0.05, 0.1) is 6.61 Å². The predicted molar refractivity (Wildman–Crippen MR) is 75.3 cm³/mol. The Hall–Kier alpha value is -0.180. The fourth-order valence-corrected chi connectivity index (χ4v) is 1.89. The molecule has 0 N–H and O–H groups in total. The summed E-state index contributed by atoms with van der Waals surface area (Å²) in [5, 5.41) is 0. The van der Waals surface area contributed by atoms with Gasteiger partial charge in [-0.1, -0.05) is 58.1 Å². The minimum absolute atomic E-state index is 0.0390. The number of ether oxygens (including phenoxy) is 1. The molecule has 0 rings (SSSR count). The van der Waals surface area contributed by atoms with Gasteiger partial charge in [-0.05, 0) is 19.3 Å². The van der Waals surface area contributed by atoms with Crippen molar-refractivity contribution in [2.24, 2.45) is 0 Å². The first-order chi connectivity index (χ1) is 8.31. The molecule has 0 heterocycles. The van der Waals surface area contributed by atoms with Crippen molar-refractivity contribution in [3.05, 3.63) is 0 Å². The van der Waals surface area contributed by atoms with Gasteiger partial charge < -0.3 is 4.74 Å². The van der Waals surface area contributed by atoms with E-state index < -0.39 is 0 Å². The summed E-state index contributed by atoms with van der Waals surface area (Å²) in [7, 11) is 0. The summed E-state index contributed by atoms with van der Waals surface area (Å²) in [4.78, 5) is 11.3. The molecular formula is C14H27O2S. The van der Waals surface area contributed by atoms with Gasteiger partial charge in [-0.2, -0.15) is 0 Å². The summed E-state index contributed by atoms with van der Waals surface area (Å²) in [6.07, 6.45) is 11.1. The van der Waals surface area contributed by atoms with E-state index in [0.717, 1.165) is 31.4 Å². The van der Waals surface area contributed by atoms with Gasteiger partial charge in [0.2, 0.25) is 0 Å². The van der Waals surface area contributed by atoms with Crippen molar-refractivity contribution in [1.29, 1.82) is 0 Å². The molecule has 0 unspecified atom stereocenters. The van der Waals surface area contributed by atoms with Crippen LogP contribution >= 0.6 is 12.6 Å². The van der Waals surface area contributed by atoms with Crippen LogP contribution in [0.4, 0.5) is 0 Å². The van der Waals surface area contributed by atoms with E-state index in [9.17, 15) is 4.79 Å². The van der Waals surface area contributed by atoms with E-state index in [4.69, 9.17) is 17.4 Å². The molecule has 0 aliphatic carbocycles. The van der Waals surface area contributed by atoms with Gasteiger partial charge in [-0.15, -0.1) is 0 Å². The number of hydrogen-bond donors (Lipinski definition) is 0. The van der Waals surface area contributed by atoms with Crippen molar-refractivity contribution < 1.29 is 9.53 Å². The molecule has 0 bridgehead atoms. The van der Waals surface area contributed by atoms with E-state index in [0.29, 0.717) is 13.0 Å². The van der Waals surface area contributed by atoms with Gasteiger partial charge in [-0.25, -0.2) is 0 Å². The van der Waals surface area contributed by atoms with Crippen molar-refractivity contribution in [2.45, 2.75) is 71.1 Å². The van der Waals surface area contributed by atoms with Gasteiger partial charge in [0.25, 0.3) is 0 Å². The molecular weight excluding hydrogens is 232 g/mol. The second kappa shape index (κ2) is 13.9. The molecule has 0 atom stereocenters. The SMILES string of the molecule is CCCCCCCCCC(=O)OCCCC[S]. The van der Waals surface area contributed by atoms with Crippen molar-refractivity contribution in [3.63, 3.8) is 0 Å². The Labute approximate surface area is 112 Å². The van der Waals surface area contributed by atoms with Crippen LogP contribution in [-0.2, 0) is 9.53 Å². The Morgan fingerprint density at radius 2 is 1.59 bits per heavy atom. The Morgan fingerprint density at radius 1 is 0.941 bits per heavy atom. The number of hydrogen-bond acceptors (Lipinski definition) is 2. The van der Waals surface area contributed by atoms with Crippen LogP contribution < -0.4 is 0 Å². The molecule has 0 aromatic rings. The monoisotopic (exact) mass is 259 g/mol. The third-order valence-corrected chi connectivity index (χ3v) is 3.07. The van der Waals surface area contributed by atoms with Crippen LogP contribution in [0.2, 0.25) is 0 Å². The molecule has 0 fully saturated rings. The Bertz CT molecular complexity index is 172. The molecule has 17 heavy (non-hydrogen) atoms. The summed E-state index contributed by atoms with van der Waals surface area (Å²) in [6, 6.07) is 0. The minimum Gasteiger partial charge on any atom is -0.466 e. The van der Waals surface area contributed by atoms with Crippen molar-refractivity contribution >= 4 is 18.6 Å². The highest BCUT2D eigenvalue weighted by atomic mass is 32.1. The molecule has 0 aliphatic rings. The molecule has 0 saturated heterocycles. The van der Waals surface area contributed by atoms with Gasteiger partial charge >= 0.3 is 5.97 Å². The molecule has 0 spiro atoms. The van der Waals surface area contributed by atoms with Gasteiger partial charge in [0, 0.05) is 12.2 Å². The Balaban J connectivity index is 3.11. The maximum absolute atomic E-state index is 11.3. The van der Waals surface area contributed by atoms with E-state index in [1.807, 2.05) is 0 Å². The third kappa shape index (κ3) is 13.8. The van der Waals surface area contributed by atoms with Crippen LogP contribution in [-0.4, -0.2) is 18.3 Å². The molecule has 0 aliphatic heterocycles. The maximum atomic E-state index is 11.3. The average Bonchev–Trinajstić information content (AvgIpc) is 2.33. The summed E-state index contributed by atoms with van der Waals surface area (Å²) >= 11 is 4.82. The second-order valence-electron chi connectivity index (χ2n) is 4.50. The van der Waals surface area contributed by atoms with Crippen LogP contribution in [0.3, 0.4) is 0 Å². The highest BCUT2D eigenvalue weighted by molar-refractivity contribution is 7.80. The van der Waals surface area contributed by atoms with Crippen LogP contribution in [0.1, 0.15) is 71.1 Å². The van der Waals surface area contributed by atoms with E-state index in [1.54, 1.807) is 0 Å². The van der Waals surface area contributed by atoms with Crippen LogP contribution in [0.5, 0.6) is 0 Å². The average molecular weight is 259 g/mol. The largest absolute Gasteiger partial charge is 0.466 e. The lowest BCUT2D eigenvalue weighted by molar-refractivity contribution is -0.143. The first-order valence-electron chi connectivity index (χ1n) is 7.05. The zero-order chi connectivity index (χ0) is 12.8. The Kier molecular flexibility index (Phi) is 13.7. The van der Waals surface area contributed by atoms with Crippen molar-refractivity contribution in [1.82, 2.24) is 0 Å². The number of rotatable bonds is 12. The zero-order valence-electron chi connectivity index (χ0n) is 11.2. The summed E-state index contributed by atoms with van der Waals surface area (Å²) < 4.78 is 5.10. The topological polar surface area (TPSA) is 26.3 Å². The lowest BCUT2D eigenvalue weighted by atomic mass is 10.1. The van der Waals surface area contributed by atoms with E-state index in [2.05, 4.69) is 6.92 Å². The summed E-state index contributed by atoms with van der Waals surface area (Å²) in [6.45, 7) is 2.77. The minimum atomic E-state index is -0.0390. The standard InChI is InChI=1S/C14H27O2S/c1-2-3-4-5-6-7-8-11-14(15)16-12-9-10-13-17/h2-13H2,1H3. The highest BCUT2D eigenvalue weighted by Gasteiger charge is 2.01. The van der Waals surface area contributed by atoms with Crippen LogP contribution in [0.15, 0.2) is 0 Å². The van der Waals surface area contributed by atoms with Crippen molar-refractivity contribution in [2.75, 3.05) is 12.4 Å². The second-order valence-corrected chi connectivity index (χ2v) is 4.91. The third-order valence-electron chi connectivity index (χ3n) is 2.79. The number of carbonyl (C=O) groups is 1. The summed E-state index contributed by atoms with van der Waals surface area (Å²) in [5.41, 5.74) is 0. The van der Waals surface area contributed by atoms with Gasteiger partial charge in [0.15, 0.2) is 0 Å². The van der Waals surface area contributed by atoms with Crippen molar-refractivity contribution in [3.8, 4) is 0 Å². The number of unbranched alkanes of at least 4 members (excludes halogenated alkanes) is 7. The molecule has 2 nitrogen and oxygen atoms in total. The quantitative estimate of drug-likeness (QED) is 0.377. The number of carbonyl (C=O) groups excluding carboxylic acids is 1. The molecule has 0 aromatic carbocycles. The maximum Gasteiger partial charge on any atom is 0.305 e. The first kappa shape index (κ1) is 16.8. The lowest BCUT2D eigenvalue weighted by Gasteiger charge is -2.04. The fraction of sp³-hybridized carbons (Fsp3) is 0.929. The first-order valence-corrected chi connectivity index (χ1v) is 7.62. The smallest absolute Gasteiger partial charge is 0.305 e. The van der Waals surface area contributed by atoms with Gasteiger partial charge in [-0.3, -0.25) is 4.79 Å². The Morgan fingerprint density at radius 3 is 2.24 bits per heavy atom. The molecule has 1 radical (unpaired) electrons. The lowest BCUT2D eigenvalue weighted by Crippen LogP contribution is -2.05. The molecule has 3 heteroatoms. The normalized spacial score (nSPS) is 10.5. The molecule has 101 valence electrons. The molecule has 0 amide bonds. The van der Waals surface area contributed by atoms with Crippen LogP contribution in [0.25, 0.3) is 0 Å².